The first-order valence-electron chi connectivity index (χ1n) is 6.90. The molecule has 0 bridgehead atoms. The summed E-state index contributed by atoms with van der Waals surface area (Å²) in [6.45, 7) is 8.93. The van der Waals surface area contributed by atoms with E-state index < -0.39 is 0 Å². The molecule has 1 aromatic carbocycles. The van der Waals surface area contributed by atoms with Gasteiger partial charge in [-0.25, -0.2) is 0 Å². The third-order valence-electron chi connectivity index (χ3n) is 4.13. The van der Waals surface area contributed by atoms with Gasteiger partial charge < -0.3 is 10.6 Å². The molecule has 0 aromatic heterocycles. The van der Waals surface area contributed by atoms with Crippen LogP contribution in [0.1, 0.15) is 31.4 Å². The molecule has 3 nitrogen and oxygen atoms in total. The second-order valence-electron chi connectivity index (χ2n) is 5.48. The Morgan fingerprint density at radius 2 is 2.06 bits per heavy atom. The van der Waals surface area contributed by atoms with Crippen LogP contribution in [-0.2, 0) is 13.1 Å². The predicted octanol–water partition coefficient (Wildman–Crippen LogP) is 2.31. The minimum atomic E-state index is 0.672. The summed E-state index contributed by atoms with van der Waals surface area (Å²) >= 11 is 0. The number of benzene rings is 1. The Bertz CT molecular complexity index is 403. The Labute approximate surface area is 111 Å². The van der Waals surface area contributed by atoms with E-state index in [0.29, 0.717) is 6.04 Å². The van der Waals surface area contributed by atoms with Crippen molar-refractivity contribution >= 4 is 5.69 Å². The van der Waals surface area contributed by atoms with E-state index >= 15 is 0 Å². The molecule has 0 radical (unpaired) electrons. The van der Waals surface area contributed by atoms with Crippen molar-refractivity contribution in [3.63, 3.8) is 0 Å². The molecule has 100 valence electrons. The van der Waals surface area contributed by atoms with E-state index in [0.717, 1.165) is 31.9 Å². The average molecular weight is 247 g/mol. The Kier molecular flexibility index (Phi) is 4.25. The zero-order chi connectivity index (χ0) is 13.1. The fraction of sp³-hybridized carbons (Fsp3) is 0.600. The maximum Gasteiger partial charge on any atom is 0.0317 e. The average Bonchev–Trinajstić information content (AvgIpc) is 2.76. The lowest BCUT2D eigenvalue weighted by atomic mass is 10.1. The van der Waals surface area contributed by atoms with E-state index in [-0.39, 0.29) is 0 Å². The number of hydrogen-bond donors (Lipinski definition) is 1. The van der Waals surface area contributed by atoms with Crippen molar-refractivity contribution in [1.29, 1.82) is 0 Å². The van der Waals surface area contributed by atoms with E-state index in [4.69, 9.17) is 5.73 Å². The van der Waals surface area contributed by atoms with Gasteiger partial charge >= 0.3 is 0 Å². The summed E-state index contributed by atoms with van der Waals surface area (Å²) in [7, 11) is 2.22. The number of hydrogen-bond acceptors (Lipinski definition) is 3. The van der Waals surface area contributed by atoms with E-state index in [9.17, 15) is 0 Å². The Hall–Kier alpha value is -1.06. The predicted molar refractivity (Wildman–Crippen MR) is 77.4 cm³/mol. The SMILES string of the molecule is CCC(C)N(C)CCN1Cc2ccc(N)cc2C1. The zero-order valence-electron chi connectivity index (χ0n) is 11.8. The fourth-order valence-corrected chi connectivity index (χ4v) is 2.47. The topological polar surface area (TPSA) is 32.5 Å². The first kappa shape index (κ1) is 13.4. The lowest BCUT2D eigenvalue weighted by molar-refractivity contribution is 0.194. The Balaban J connectivity index is 1.85. The normalized spacial score (nSPS) is 17.1. The van der Waals surface area contributed by atoms with Crippen LogP contribution in [0.2, 0.25) is 0 Å². The van der Waals surface area contributed by atoms with Crippen LogP contribution >= 0.6 is 0 Å². The van der Waals surface area contributed by atoms with Crippen molar-refractivity contribution in [1.82, 2.24) is 9.80 Å². The third-order valence-corrected chi connectivity index (χ3v) is 4.13. The number of nitrogens with two attached hydrogens (primary N) is 1. The summed E-state index contributed by atoms with van der Waals surface area (Å²) in [5, 5.41) is 0. The molecule has 1 heterocycles. The van der Waals surface area contributed by atoms with Crippen molar-refractivity contribution in [2.24, 2.45) is 0 Å². The summed E-state index contributed by atoms with van der Waals surface area (Å²) in [5.74, 6) is 0. The molecule has 0 saturated carbocycles. The Morgan fingerprint density at radius 1 is 1.33 bits per heavy atom. The van der Waals surface area contributed by atoms with Crippen LogP contribution in [0, 0.1) is 0 Å². The van der Waals surface area contributed by atoms with Crippen molar-refractivity contribution in [2.45, 2.75) is 39.4 Å². The molecule has 3 heteroatoms. The molecule has 0 spiro atoms. The van der Waals surface area contributed by atoms with Gasteiger partial charge in [0.05, 0.1) is 0 Å². The van der Waals surface area contributed by atoms with Gasteiger partial charge in [-0.3, -0.25) is 4.90 Å². The summed E-state index contributed by atoms with van der Waals surface area (Å²) in [4.78, 5) is 4.94. The van der Waals surface area contributed by atoms with E-state index in [1.54, 1.807) is 0 Å². The van der Waals surface area contributed by atoms with Crippen LogP contribution in [0.5, 0.6) is 0 Å². The van der Waals surface area contributed by atoms with Gasteiger partial charge in [0.2, 0.25) is 0 Å². The Morgan fingerprint density at radius 3 is 2.78 bits per heavy atom. The standard InChI is InChI=1S/C15H25N3/c1-4-12(2)17(3)7-8-18-10-13-5-6-15(16)9-14(13)11-18/h5-6,9,12H,4,7-8,10-11,16H2,1-3H3. The maximum absolute atomic E-state index is 5.83. The molecule has 0 aliphatic carbocycles. The highest BCUT2D eigenvalue weighted by molar-refractivity contribution is 5.46. The molecule has 1 atom stereocenters. The summed E-state index contributed by atoms with van der Waals surface area (Å²) in [6, 6.07) is 6.97. The van der Waals surface area contributed by atoms with Gasteiger partial charge in [0.15, 0.2) is 0 Å². The minimum absolute atomic E-state index is 0.672. The number of likely N-dealkylation sites (N-methyl/N-ethyl adjacent to an activating group) is 1. The van der Waals surface area contributed by atoms with Crippen molar-refractivity contribution < 1.29 is 0 Å². The number of rotatable bonds is 5. The third kappa shape index (κ3) is 3.03. The van der Waals surface area contributed by atoms with Gasteiger partial charge in [-0.05, 0) is 43.7 Å². The highest BCUT2D eigenvalue weighted by Crippen LogP contribution is 2.24. The molecule has 1 aliphatic rings. The van der Waals surface area contributed by atoms with Crippen LogP contribution in [0.3, 0.4) is 0 Å². The van der Waals surface area contributed by atoms with Crippen molar-refractivity contribution in [2.75, 3.05) is 25.9 Å². The molecule has 1 aromatic rings. The van der Waals surface area contributed by atoms with Gasteiger partial charge in [0, 0.05) is 37.9 Å². The highest BCUT2D eigenvalue weighted by Gasteiger charge is 2.19. The maximum atomic E-state index is 5.83. The molecule has 0 amide bonds. The summed E-state index contributed by atoms with van der Waals surface area (Å²) in [6.07, 6.45) is 1.22. The number of fused-ring (bicyclic) bond motifs is 1. The molecule has 2 N–H and O–H groups in total. The van der Waals surface area contributed by atoms with Crippen LogP contribution in [-0.4, -0.2) is 36.0 Å². The van der Waals surface area contributed by atoms with Crippen molar-refractivity contribution in [3.05, 3.63) is 29.3 Å². The first-order valence-corrected chi connectivity index (χ1v) is 6.90. The van der Waals surface area contributed by atoms with Crippen LogP contribution in [0.25, 0.3) is 0 Å². The second kappa shape index (κ2) is 5.72. The van der Waals surface area contributed by atoms with Crippen LogP contribution in [0.4, 0.5) is 5.69 Å². The lowest BCUT2D eigenvalue weighted by Crippen LogP contribution is -2.35. The number of nitrogens with zero attached hydrogens (tertiary/aromatic N) is 2. The lowest BCUT2D eigenvalue weighted by Gasteiger charge is -2.26. The number of anilines is 1. The molecule has 0 fully saturated rings. The van der Waals surface area contributed by atoms with Gasteiger partial charge in [-0.2, -0.15) is 0 Å². The fourth-order valence-electron chi connectivity index (χ4n) is 2.47. The van der Waals surface area contributed by atoms with Crippen LogP contribution < -0.4 is 5.73 Å². The molecular weight excluding hydrogens is 222 g/mol. The minimum Gasteiger partial charge on any atom is -0.399 e. The monoisotopic (exact) mass is 247 g/mol. The molecule has 1 aliphatic heterocycles. The van der Waals surface area contributed by atoms with Crippen molar-refractivity contribution in [3.8, 4) is 0 Å². The summed E-state index contributed by atoms with van der Waals surface area (Å²) in [5.41, 5.74) is 9.56. The number of nitrogen functional groups attached to an aromatic ring is 1. The zero-order valence-corrected chi connectivity index (χ0v) is 11.8. The van der Waals surface area contributed by atoms with Gasteiger partial charge in [0.25, 0.3) is 0 Å². The smallest absolute Gasteiger partial charge is 0.0317 e. The molecule has 1 unspecified atom stereocenters. The van der Waals surface area contributed by atoms with Gasteiger partial charge in [-0.15, -0.1) is 0 Å². The molecule has 18 heavy (non-hydrogen) atoms. The largest absolute Gasteiger partial charge is 0.399 e. The van der Waals surface area contributed by atoms with E-state index in [1.807, 2.05) is 6.07 Å². The highest BCUT2D eigenvalue weighted by atomic mass is 15.2. The molecular formula is C15H25N3. The first-order chi connectivity index (χ1) is 8.60. The molecule has 2 rings (SSSR count). The molecule has 0 saturated heterocycles. The van der Waals surface area contributed by atoms with Gasteiger partial charge in [-0.1, -0.05) is 13.0 Å². The summed E-state index contributed by atoms with van der Waals surface area (Å²) < 4.78 is 0. The second-order valence-corrected chi connectivity index (χ2v) is 5.48. The van der Waals surface area contributed by atoms with E-state index in [2.05, 4.69) is 42.8 Å². The van der Waals surface area contributed by atoms with E-state index in [1.165, 1.54) is 17.5 Å². The van der Waals surface area contributed by atoms with Gasteiger partial charge in [0.1, 0.15) is 0 Å². The quantitative estimate of drug-likeness (QED) is 0.811. The van der Waals surface area contributed by atoms with Crippen LogP contribution in [0.15, 0.2) is 18.2 Å².